The first-order chi connectivity index (χ1) is 21.3. The van der Waals surface area contributed by atoms with Gasteiger partial charge in [-0.05, 0) is 51.9 Å². The molecule has 200 valence electrons. The summed E-state index contributed by atoms with van der Waals surface area (Å²) >= 11 is 0. The second kappa shape index (κ2) is 9.33. The quantitative estimate of drug-likeness (QED) is 0.221. The molecule has 4 heteroatoms. The fourth-order valence-electron chi connectivity index (χ4n) is 6.46. The van der Waals surface area contributed by atoms with Gasteiger partial charge in [-0.2, -0.15) is 0 Å². The molecule has 0 radical (unpaired) electrons. The van der Waals surface area contributed by atoms with Gasteiger partial charge in [-0.25, -0.2) is 15.0 Å². The molecule has 0 aliphatic heterocycles. The molecule has 4 nitrogen and oxygen atoms in total. The molecule has 0 saturated carbocycles. The smallest absolute Gasteiger partial charge is 0.235 e. The first-order valence-corrected chi connectivity index (χ1v) is 14.5. The maximum Gasteiger partial charge on any atom is 0.235 e. The lowest BCUT2D eigenvalue weighted by Crippen LogP contribution is -2.04. The van der Waals surface area contributed by atoms with Gasteiger partial charge in [0, 0.05) is 21.7 Å². The van der Waals surface area contributed by atoms with Gasteiger partial charge in [-0.15, -0.1) is 0 Å². The lowest BCUT2D eigenvalue weighted by atomic mass is 10.00. The number of hydrogen-bond donors (Lipinski definition) is 0. The molecule has 0 atom stereocenters. The fourth-order valence-corrected chi connectivity index (χ4v) is 6.46. The first kappa shape index (κ1) is 23.8. The van der Waals surface area contributed by atoms with Gasteiger partial charge in [0.25, 0.3) is 0 Å². The molecule has 0 saturated heterocycles. The predicted molar refractivity (Wildman–Crippen MR) is 178 cm³/mol. The zero-order valence-electron chi connectivity index (χ0n) is 23.1. The number of rotatable bonds is 3. The Hall–Kier alpha value is -5.87. The van der Waals surface area contributed by atoms with E-state index < -0.39 is 0 Å². The van der Waals surface area contributed by atoms with Crippen LogP contribution in [0.15, 0.2) is 146 Å². The van der Waals surface area contributed by atoms with Crippen LogP contribution in [0.25, 0.3) is 82.8 Å². The molecule has 0 fully saturated rings. The molecule has 9 aromatic rings. The van der Waals surface area contributed by atoms with E-state index in [0.717, 1.165) is 44.6 Å². The zero-order chi connectivity index (χ0) is 28.3. The summed E-state index contributed by atoms with van der Waals surface area (Å²) in [7, 11) is 0. The molecule has 0 bridgehead atoms. The average Bonchev–Trinajstić information content (AvgIpc) is 3.44. The van der Waals surface area contributed by atoms with Crippen LogP contribution in [0.1, 0.15) is 0 Å². The van der Waals surface area contributed by atoms with Crippen molar-refractivity contribution in [2.75, 3.05) is 0 Å². The second-order valence-electron chi connectivity index (χ2n) is 10.9. The van der Waals surface area contributed by atoms with Gasteiger partial charge in [0.2, 0.25) is 5.95 Å². The Labute approximate surface area is 247 Å². The van der Waals surface area contributed by atoms with Crippen LogP contribution in [0.2, 0.25) is 0 Å². The van der Waals surface area contributed by atoms with E-state index in [9.17, 15) is 0 Å². The van der Waals surface area contributed by atoms with Crippen molar-refractivity contribution in [2.24, 2.45) is 0 Å². The number of benzene rings is 6. The lowest BCUT2D eigenvalue weighted by Gasteiger charge is -2.12. The Morgan fingerprint density at radius 3 is 1.67 bits per heavy atom. The first-order valence-electron chi connectivity index (χ1n) is 14.5. The zero-order valence-corrected chi connectivity index (χ0v) is 23.1. The summed E-state index contributed by atoms with van der Waals surface area (Å²) in [6.07, 6.45) is 0. The maximum absolute atomic E-state index is 5.30. The topological polar surface area (TPSA) is 43.6 Å². The van der Waals surface area contributed by atoms with Gasteiger partial charge in [0.1, 0.15) is 5.69 Å². The molecule has 0 spiro atoms. The highest BCUT2D eigenvalue weighted by molar-refractivity contribution is 6.28. The largest absolute Gasteiger partial charge is 0.278 e. The van der Waals surface area contributed by atoms with E-state index in [1.54, 1.807) is 0 Å². The van der Waals surface area contributed by atoms with Crippen molar-refractivity contribution in [2.45, 2.75) is 0 Å². The van der Waals surface area contributed by atoms with E-state index in [0.29, 0.717) is 5.95 Å². The van der Waals surface area contributed by atoms with Crippen molar-refractivity contribution in [3.8, 4) is 28.6 Å². The Balaban J connectivity index is 1.39. The number of hydrogen-bond acceptors (Lipinski definition) is 3. The summed E-state index contributed by atoms with van der Waals surface area (Å²) in [5.41, 5.74) is 6.66. The summed E-state index contributed by atoms with van der Waals surface area (Å²) in [4.78, 5) is 15.6. The second-order valence-corrected chi connectivity index (χ2v) is 10.9. The minimum absolute atomic E-state index is 0.631. The SMILES string of the molecule is c1ccc(-c2cccc(-c3nc(-n4c5ccc6ccccc6c5c5c6ccccc6ccc54)nc4ccccc34)n2)cc1. The molecule has 6 aromatic carbocycles. The minimum atomic E-state index is 0.631. The molecule has 0 aliphatic rings. The number of nitrogens with zero attached hydrogens (tertiary/aromatic N) is 4. The van der Waals surface area contributed by atoms with E-state index in [-0.39, 0.29) is 0 Å². The predicted octanol–water partition coefficient (Wildman–Crippen LogP) is 9.76. The molecule has 9 rings (SSSR count). The third kappa shape index (κ3) is 3.67. The molecule has 0 unspecified atom stereocenters. The average molecular weight is 549 g/mol. The normalized spacial score (nSPS) is 11.7. The number of fused-ring (bicyclic) bond motifs is 8. The summed E-state index contributed by atoms with van der Waals surface area (Å²) < 4.78 is 2.22. The number of para-hydroxylation sites is 1. The van der Waals surface area contributed by atoms with Crippen LogP contribution >= 0.6 is 0 Å². The van der Waals surface area contributed by atoms with Crippen molar-refractivity contribution in [1.82, 2.24) is 19.5 Å². The Bertz CT molecular complexity index is 2420. The van der Waals surface area contributed by atoms with E-state index >= 15 is 0 Å². The number of aromatic nitrogens is 4. The van der Waals surface area contributed by atoms with Crippen molar-refractivity contribution >= 4 is 54.3 Å². The third-order valence-corrected chi connectivity index (χ3v) is 8.40. The summed E-state index contributed by atoms with van der Waals surface area (Å²) in [6.45, 7) is 0. The maximum atomic E-state index is 5.30. The molecule has 0 N–H and O–H groups in total. The van der Waals surface area contributed by atoms with Gasteiger partial charge in [-0.1, -0.05) is 115 Å². The van der Waals surface area contributed by atoms with Crippen LogP contribution in [-0.4, -0.2) is 19.5 Å². The van der Waals surface area contributed by atoms with Crippen LogP contribution in [0.3, 0.4) is 0 Å². The van der Waals surface area contributed by atoms with E-state index in [4.69, 9.17) is 15.0 Å². The molecule has 3 heterocycles. The van der Waals surface area contributed by atoms with Crippen LogP contribution in [0.4, 0.5) is 0 Å². The molecule has 0 amide bonds. The van der Waals surface area contributed by atoms with Crippen LogP contribution in [0, 0.1) is 0 Å². The third-order valence-electron chi connectivity index (χ3n) is 8.40. The van der Waals surface area contributed by atoms with Crippen molar-refractivity contribution in [3.63, 3.8) is 0 Å². The van der Waals surface area contributed by atoms with E-state index in [1.807, 2.05) is 42.5 Å². The summed E-state index contributed by atoms with van der Waals surface area (Å²) in [5, 5.41) is 8.27. The Morgan fingerprint density at radius 2 is 0.977 bits per heavy atom. The van der Waals surface area contributed by atoms with Crippen molar-refractivity contribution < 1.29 is 0 Å². The van der Waals surface area contributed by atoms with Crippen molar-refractivity contribution in [3.05, 3.63) is 146 Å². The fraction of sp³-hybridized carbons (Fsp3) is 0. The van der Waals surface area contributed by atoms with Gasteiger partial charge in [0.05, 0.1) is 27.9 Å². The lowest BCUT2D eigenvalue weighted by molar-refractivity contribution is 1.01. The van der Waals surface area contributed by atoms with Crippen LogP contribution in [-0.2, 0) is 0 Å². The molecule has 43 heavy (non-hydrogen) atoms. The number of pyridine rings is 1. The van der Waals surface area contributed by atoms with Gasteiger partial charge in [-0.3, -0.25) is 4.57 Å². The highest BCUT2D eigenvalue weighted by Crippen LogP contribution is 2.40. The van der Waals surface area contributed by atoms with Gasteiger partial charge < -0.3 is 0 Å². The Morgan fingerprint density at radius 1 is 0.395 bits per heavy atom. The molecule has 0 aliphatic carbocycles. The highest BCUT2D eigenvalue weighted by Gasteiger charge is 2.20. The minimum Gasteiger partial charge on any atom is -0.278 e. The standard InChI is InChI=1S/C39H24N4/c1-2-13-27(14-3-1)31-19-10-20-33(40-31)38-30-17-8-9-18-32(30)41-39(42-38)43-34-23-21-25-11-4-6-15-28(25)36(34)37-29-16-7-5-12-26(29)22-24-35(37)43/h1-24H. The monoisotopic (exact) mass is 548 g/mol. The Kier molecular flexibility index (Phi) is 5.16. The van der Waals surface area contributed by atoms with Crippen LogP contribution < -0.4 is 0 Å². The molecular formula is C39H24N4. The molecular weight excluding hydrogens is 524 g/mol. The van der Waals surface area contributed by atoms with E-state index in [1.165, 1.54) is 32.3 Å². The van der Waals surface area contributed by atoms with Gasteiger partial charge >= 0.3 is 0 Å². The summed E-state index contributed by atoms with van der Waals surface area (Å²) in [6, 6.07) is 50.7. The summed E-state index contributed by atoms with van der Waals surface area (Å²) in [5.74, 6) is 0.631. The van der Waals surface area contributed by atoms with Crippen LogP contribution in [0.5, 0.6) is 0 Å². The van der Waals surface area contributed by atoms with E-state index in [2.05, 4.69) is 108 Å². The highest BCUT2D eigenvalue weighted by atomic mass is 15.2. The van der Waals surface area contributed by atoms with Crippen molar-refractivity contribution in [1.29, 1.82) is 0 Å². The van der Waals surface area contributed by atoms with Gasteiger partial charge in [0.15, 0.2) is 0 Å². The molecule has 3 aromatic heterocycles.